The van der Waals surface area contributed by atoms with Crippen molar-refractivity contribution < 1.29 is 16.8 Å². The van der Waals surface area contributed by atoms with E-state index in [1.54, 1.807) is 0 Å². The van der Waals surface area contributed by atoms with Gasteiger partial charge in [-0.15, -0.1) is 0 Å². The molecule has 0 atom stereocenters. The van der Waals surface area contributed by atoms with Gasteiger partial charge >= 0.3 is 0 Å². The van der Waals surface area contributed by atoms with Gasteiger partial charge in [0.1, 0.15) is 9.84 Å². The molecular weight excluding hydrogens is 314 g/mol. The Kier molecular flexibility index (Phi) is 10.4. The molecule has 2 N–H and O–H groups in total. The van der Waals surface area contributed by atoms with Crippen LogP contribution in [0.3, 0.4) is 0 Å². The molecule has 128 valence electrons. The molecule has 0 amide bonds. The maximum absolute atomic E-state index is 10.9. The maximum Gasteiger partial charge on any atom is 0.211 e. The van der Waals surface area contributed by atoms with Crippen LogP contribution in [0.25, 0.3) is 0 Å². The number of piperazine rings is 1. The van der Waals surface area contributed by atoms with Crippen molar-refractivity contribution in [3.63, 3.8) is 0 Å². The predicted molar refractivity (Wildman–Crippen MR) is 86.8 cm³/mol. The molecule has 0 radical (unpaired) electrons. The molecule has 0 aromatic rings. The molecule has 2 heterocycles. The second-order valence-corrected chi connectivity index (χ2v) is 9.63. The molecule has 0 bridgehead atoms. The summed E-state index contributed by atoms with van der Waals surface area (Å²) in [4.78, 5) is 0. The molecule has 2 aliphatic heterocycles. The van der Waals surface area contributed by atoms with E-state index in [1.807, 2.05) is 0 Å². The summed E-state index contributed by atoms with van der Waals surface area (Å²) in [6.45, 7) is 5.26. The molecule has 0 saturated carbocycles. The van der Waals surface area contributed by atoms with Crippen molar-refractivity contribution in [1.82, 2.24) is 14.9 Å². The fraction of sp³-hybridized carbons (Fsp3) is 1.00. The van der Waals surface area contributed by atoms with Crippen LogP contribution in [0.2, 0.25) is 0 Å². The lowest BCUT2D eigenvalue weighted by molar-refractivity contribution is 0.363. The van der Waals surface area contributed by atoms with Crippen LogP contribution < -0.4 is 10.6 Å². The van der Waals surface area contributed by atoms with Crippen molar-refractivity contribution in [3.8, 4) is 0 Å². The van der Waals surface area contributed by atoms with Gasteiger partial charge in [-0.3, -0.25) is 0 Å². The summed E-state index contributed by atoms with van der Waals surface area (Å²) in [5, 5.41) is 6.37. The highest BCUT2D eigenvalue weighted by molar-refractivity contribution is 7.90. The molecule has 0 unspecified atom stereocenters. The van der Waals surface area contributed by atoms with Crippen LogP contribution in [0.4, 0.5) is 0 Å². The molecule has 0 spiro atoms. The van der Waals surface area contributed by atoms with Crippen LogP contribution in [0.1, 0.15) is 19.3 Å². The number of sulfonamides is 1. The number of hydrogen-bond acceptors (Lipinski definition) is 6. The molecule has 7 nitrogen and oxygen atoms in total. The van der Waals surface area contributed by atoms with E-state index in [9.17, 15) is 16.8 Å². The Morgan fingerprint density at radius 3 is 1.29 bits per heavy atom. The van der Waals surface area contributed by atoms with Crippen molar-refractivity contribution in [3.05, 3.63) is 0 Å². The smallest absolute Gasteiger partial charge is 0.211 e. The van der Waals surface area contributed by atoms with Gasteiger partial charge in [-0.2, -0.15) is 4.31 Å². The number of piperidine rings is 1. The van der Waals surface area contributed by atoms with Gasteiger partial charge in [-0.1, -0.05) is 6.42 Å². The Hall–Kier alpha value is -0.220. The third-order valence-corrected chi connectivity index (χ3v) is 4.06. The molecule has 2 aliphatic rings. The second kappa shape index (κ2) is 10.5. The minimum Gasteiger partial charge on any atom is -0.317 e. The maximum atomic E-state index is 10.9. The zero-order chi connectivity index (χ0) is 16.4. The molecule has 9 heteroatoms. The highest BCUT2D eigenvalue weighted by Crippen LogP contribution is 1.98. The van der Waals surface area contributed by atoms with Crippen molar-refractivity contribution in [1.29, 1.82) is 0 Å². The molecule has 2 saturated heterocycles. The summed E-state index contributed by atoms with van der Waals surface area (Å²) in [6, 6.07) is 0. The molecule has 2 fully saturated rings. The van der Waals surface area contributed by atoms with Crippen molar-refractivity contribution >= 4 is 19.9 Å². The van der Waals surface area contributed by atoms with Gasteiger partial charge in [0.05, 0.1) is 6.26 Å². The largest absolute Gasteiger partial charge is 0.317 e. The Morgan fingerprint density at radius 1 is 0.714 bits per heavy atom. The van der Waals surface area contributed by atoms with E-state index in [4.69, 9.17) is 0 Å². The van der Waals surface area contributed by atoms with Gasteiger partial charge < -0.3 is 10.6 Å². The predicted octanol–water partition coefficient (Wildman–Crippen LogP) is -0.728. The number of sulfone groups is 1. The molecule has 2 rings (SSSR count). The summed E-state index contributed by atoms with van der Waals surface area (Å²) < 4.78 is 42.5. The zero-order valence-electron chi connectivity index (χ0n) is 13.3. The highest BCUT2D eigenvalue weighted by Gasteiger charge is 2.17. The first-order chi connectivity index (χ1) is 9.61. The van der Waals surface area contributed by atoms with E-state index < -0.39 is 19.9 Å². The monoisotopic (exact) mass is 343 g/mol. The lowest BCUT2D eigenvalue weighted by atomic mass is 10.2. The van der Waals surface area contributed by atoms with Crippen molar-refractivity contribution in [2.45, 2.75) is 19.3 Å². The zero-order valence-corrected chi connectivity index (χ0v) is 14.9. The van der Waals surface area contributed by atoms with E-state index >= 15 is 0 Å². The van der Waals surface area contributed by atoms with Crippen LogP contribution in [-0.2, 0) is 19.9 Å². The number of hydrogen-bond donors (Lipinski definition) is 2. The molecule has 0 aromatic heterocycles. The van der Waals surface area contributed by atoms with E-state index in [0.29, 0.717) is 13.1 Å². The topological polar surface area (TPSA) is 95.6 Å². The van der Waals surface area contributed by atoms with Crippen molar-refractivity contribution in [2.75, 3.05) is 58.0 Å². The van der Waals surface area contributed by atoms with E-state index in [1.165, 1.54) is 42.9 Å². The van der Waals surface area contributed by atoms with E-state index in [0.717, 1.165) is 25.6 Å². The summed E-state index contributed by atoms with van der Waals surface area (Å²) in [7, 11) is -5.60. The van der Waals surface area contributed by atoms with Crippen LogP contribution in [0.5, 0.6) is 0 Å². The highest BCUT2D eigenvalue weighted by atomic mass is 32.2. The summed E-state index contributed by atoms with van der Waals surface area (Å²) in [5.41, 5.74) is 0. The first-order valence-electron chi connectivity index (χ1n) is 7.12. The Balaban J connectivity index is 0.000000312. The quantitative estimate of drug-likeness (QED) is 0.652. The second-order valence-electron chi connectivity index (χ2n) is 5.37. The molecule has 0 aliphatic carbocycles. The van der Waals surface area contributed by atoms with E-state index in [-0.39, 0.29) is 0 Å². The third kappa shape index (κ3) is 16.0. The van der Waals surface area contributed by atoms with Crippen LogP contribution >= 0.6 is 0 Å². The average Bonchev–Trinajstić information content (AvgIpc) is 2.40. The summed E-state index contributed by atoms with van der Waals surface area (Å²) >= 11 is 0. The SMILES string of the molecule is C1CCNCC1.CS(=O)(=O)N1CCNCC1.CS(C)(=O)=O. The minimum atomic E-state index is -2.93. The lowest BCUT2D eigenvalue weighted by Crippen LogP contribution is -2.45. The number of nitrogens with zero attached hydrogens (tertiary/aromatic N) is 1. The van der Waals surface area contributed by atoms with Crippen molar-refractivity contribution in [2.24, 2.45) is 0 Å². The Bertz CT molecular complexity index is 433. The fourth-order valence-electron chi connectivity index (χ4n) is 1.78. The normalized spacial score (nSPS) is 20.5. The average molecular weight is 344 g/mol. The van der Waals surface area contributed by atoms with Gasteiger partial charge in [0.15, 0.2) is 0 Å². The third-order valence-electron chi connectivity index (χ3n) is 2.75. The Labute approximate surface area is 129 Å². The summed E-state index contributed by atoms with van der Waals surface area (Å²) in [6.07, 6.45) is 7.78. The molecule has 0 aromatic carbocycles. The van der Waals surface area contributed by atoms with Crippen LogP contribution in [0, 0.1) is 0 Å². The van der Waals surface area contributed by atoms with Crippen LogP contribution in [-0.4, -0.2) is 79.2 Å². The van der Waals surface area contributed by atoms with Gasteiger partial charge in [0.25, 0.3) is 0 Å². The first-order valence-corrected chi connectivity index (χ1v) is 11.3. The molecule has 21 heavy (non-hydrogen) atoms. The summed E-state index contributed by atoms with van der Waals surface area (Å²) in [5.74, 6) is 0. The van der Waals surface area contributed by atoms with Crippen LogP contribution in [0.15, 0.2) is 0 Å². The number of rotatable bonds is 1. The van der Waals surface area contributed by atoms with Gasteiger partial charge in [0, 0.05) is 38.7 Å². The minimum absolute atomic E-state index is 0.610. The van der Waals surface area contributed by atoms with Gasteiger partial charge in [-0.25, -0.2) is 16.8 Å². The molecular formula is C12H29N3O4S2. The van der Waals surface area contributed by atoms with Gasteiger partial charge in [0.2, 0.25) is 10.0 Å². The fourth-order valence-corrected chi connectivity index (χ4v) is 2.62. The first kappa shape index (κ1) is 20.8. The standard InChI is InChI=1S/C5H12N2O2S.C5H11N.C2H6O2S/c1-10(8,9)7-4-2-6-3-5-7;1-2-4-6-5-3-1;1-5(2,3)4/h6H,2-5H2,1H3;6H,1-5H2;1-2H3. The van der Waals surface area contributed by atoms with E-state index in [2.05, 4.69) is 10.6 Å². The Morgan fingerprint density at radius 2 is 1.10 bits per heavy atom. The van der Waals surface area contributed by atoms with Gasteiger partial charge in [-0.05, 0) is 25.9 Å². The number of nitrogens with one attached hydrogen (secondary N) is 2. The lowest BCUT2D eigenvalue weighted by Gasteiger charge is -2.24.